The lowest BCUT2D eigenvalue weighted by Crippen LogP contribution is -1.79. The lowest BCUT2D eigenvalue weighted by atomic mass is 10.4. The molecule has 0 fully saturated rings. The Morgan fingerprint density at radius 2 is 1.71 bits per heavy atom. The first kappa shape index (κ1) is 16.7. The molecule has 82 valence electrons. The molecule has 0 saturated carbocycles. The Hall–Kier alpha value is 0.230. The van der Waals surface area contributed by atoms with Gasteiger partial charge in [0.25, 0.3) is 0 Å². The van der Waals surface area contributed by atoms with Crippen molar-refractivity contribution in [2.45, 2.75) is 4.90 Å². The number of benzene rings is 1. The van der Waals surface area contributed by atoms with Gasteiger partial charge in [-0.25, -0.2) is 8.96 Å². The van der Waals surface area contributed by atoms with E-state index < -0.39 is 12.6 Å². The van der Waals surface area contributed by atoms with Gasteiger partial charge in [0.2, 0.25) is 0 Å². The summed E-state index contributed by atoms with van der Waals surface area (Å²) in [5.74, 6) is -0.620. The highest BCUT2D eigenvalue weighted by atomic mass is 35.5. The summed E-state index contributed by atoms with van der Waals surface area (Å²) in [6, 6.07) is 5.44. The number of hydrogen-bond donors (Lipinski definition) is 2. The largest absolute Gasteiger partial charge is 0.388 e. The third-order valence-corrected chi connectivity index (χ3v) is 3.12. The minimum Gasteiger partial charge on any atom is -0.316 e. The predicted octanol–water partition coefficient (Wildman–Crippen LogP) is 2.85. The summed E-state index contributed by atoms with van der Waals surface area (Å²) < 4.78 is 23.2. The fraction of sp³-hybridized carbons (Fsp3) is 0. The van der Waals surface area contributed by atoms with Crippen molar-refractivity contribution in [2.24, 2.45) is 0 Å². The van der Waals surface area contributed by atoms with E-state index in [1.165, 1.54) is 18.2 Å². The van der Waals surface area contributed by atoms with Crippen molar-refractivity contribution in [2.75, 3.05) is 0 Å². The Labute approximate surface area is 96.8 Å². The van der Waals surface area contributed by atoms with Crippen LogP contribution in [0.3, 0.4) is 0 Å². The fourth-order valence-electron chi connectivity index (χ4n) is 0.647. The third-order valence-electron chi connectivity index (χ3n) is 1.05. The topological polar surface area (TPSA) is 57.5 Å². The van der Waals surface area contributed by atoms with Crippen LogP contribution in [0.25, 0.3) is 0 Å². The Morgan fingerprint density at radius 3 is 2.14 bits per heavy atom. The predicted molar refractivity (Wildman–Crippen MR) is 58.8 cm³/mol. The van der Waals surface area contributed by atoms with E-state index in [0.29, 0.717) is 0 Å². The molecule has 0 atom stereocenters. The van der Waals surface area contributed by atoms with Gasteiger partial charge in [0.15, 0.2) is 0 Å². The third kappa shape index (κ3) is 5.86. The lowest BCUT2D eigenvalue weighted by molar-refractivity contribution is 0.396. The molecule has 1 rings (SSSR count). The molecule has 3 nitrogen and oxygen atoms in total. The molecule has 0 heterocycles. The summed E-state index contributed by atoms with van der Waals surface area (Å²) in [6.07, 6.45) is 0. The molecular weight excluding hydrogens is 273 g/mol. The summed E-state index contributed by atoms with van der Waals surface area (Å²) in [4.78, 5) is 17.0. The van der Waals surface area contributed by atoms with Crippen molar-refractivity contribution in [3.63, 3.8) is 0 Å². The van der Waals surface area contributed by atoms with Gasteiger partial charge in [0.05, 0.1) is 4.90 Å². The first-order valence-electron chi connectivity index (χ1n) is 2.99. The van der Waals surface area contributed by atoms with E-state index in [0.717, 1.165) is 6.07 Å². The summed E-state index contributed by atoms with van der Waals surface area (Å²) in [7, 11) is 0. The molecule has 0 amide bonds. The molecule has 0 unspecified atom stereocenters. The molecule has 0 aliphatic heterocycles. The Morgan fingerprint density at radius 1 is 1.21 bits per heavy atom. The Balaban J connectivity index is 0. The molecule has 0 aliphatic carbocycles. The van der Waals surface area contributed by atoms with Crippen LogP contribution in [-0.2, 0) is 4.57 Å². The van der Waals surface area contributed by atoms with E-state index in [9.17, 15) is 8.96 Å². The number of halogens is 3. The molecule has 14 heavy (non-hydrogen) atoms. The van der Waals surface area contributed by atoms with Gasteiger partial charge >= 0.3 is 6.80 Å². The van der Waals surface area contributed by atoms with Crippen LogP contribution < -0.4 is 0 Å². The monoisotopic (exact) mass is 280 g/mol. The normalized spacial score (nSPS) is 9.93. The SMILES string of the molecule is Cl.Cl.O=P(O)(O)Sc1ccccc1F. The fourth-order valence-corrected chi connectivity index (χ4v) is 2.41. The minimum atomic E-state index is -4.24. The van der Waals surface area contributed by atoms with Crippen molar-refractivity contribution < 1.29 is 18.7 Å². The van der Waals surface area contributed by atoms with Crippen molar-refractivity contribution >= 4 is 43.0 Å². The summed E-state index contributed by atoms with van der Waals surface area (Å²) in [5.41, 5.74) is 0. The molecule has 0 saturated heterocycles. The maximum Gasteiger partial charge on any atom is 0.388 e. The van der Waals surface area contributed by atoms with Crippen LogP contribution in [0.1, 0.15) is 0 Å². The van der Waals surface area contributed by atoms with Crippen LogP contribution >= 0.6 is 43.0 Å². The zero-order valence-electron chi connectivity index (χ0n) is 6.66. The van der Waals surface area contributed by atoms with Crippen molar-refractivity contribution in [3.05, 3.63) is 30.1 Å². The number of rotatable bonds is 2. The van der Waals surface area contributed by atoms with Crippen LogP contribution in [0.4, 0.5) is 4.39 Å². The molecule has 1 aromatic carbocycles. The van der Waals surface area contributed by atoms with E-state index in [4.69, 9.17) is 9.79 Å². The van der Waals surface area contributed by atoms with Gasteiger partial charge in [-0.1, -0.05) is 12.1 Å². The summed E-state index contributed by atoms with van der Waals surface area (Å²) in [6.45, 7) is -4.24. The second kappa shape index (κ2) is 6.67. The van der Waals surface area contributed by atoms with Gasteiger partial charge in [-0.05, 0) is 23.5 Å². The summed E-state index contributed by atoms with van der Waals surface area (Å²) >= 11 is 0.219. The highest BCUT2D eigenvalue weighted by Crippen LogP contribution is 2.54. The highest BCUT2D eigenvalue weighted by Gasteiger charge is 2.17. The Kier molecular flexibility index (Phi) is 7.93. The second-order valence-corrected chi connectivity index (χ2v) is 5.59. The van der Waals surface area contributed by atoms with E-state index in [2.05, 4.69) is 0 Å². The number of hydrogen-bond acceptors (Lipinski definition) is 2. The molecule has 8 heteroatoms. The van der Waals surface area contributed by atoms with Crippen LogP contribution in [0.5, 0.6) is 0 Å². The zero-order chi connectivity index (χ0) is 9.19. The van der Waals surface area contributed by atoms with E-state index in [1.54, 1.807) is 0 Å². The standard InChI is InChI=1S/C6H6FO3PS.2ClH/c7-5-3-1-2-4-6(5)12-11(8,9)10;;/h1-4H,(H2,8,9,10);2*1H. The lowest BCUT2D eigenvalue weighted by Gasteiger charge is -2.02. The minimum absolute atomic E-state index is 0. The maximum absolute atomic E-state index is 12.8. The van der Waals surface area contributed by atoms with Gasteiger partial charge in [-0.3, -0.25) is 0 Å². The average Bonchev–Trinajstić information content (AvgIpc) is 1.91. The summed E-state index contributed by atoms with van der Waals surface area (Å²) in [5, 5.41) is 0. The van der Waals surface area contributed by atoms with Crippen LogP contribution in [0, 0.1) is 5.82 Å². The first-order chi connectivity index (χ1) is 5.49. The second-order valence-electron chi connectivity index (χ2n) is 2.01. The molecule has 0 radical (unpaired) electrons. The molecule has 0 bridgehead atoms. The van der Waals surface area contributed by atoms with Gasteiger partial charge < -0.3 is 9.79 Å². The zero-order valence-corrected chi connectivity index (χ0v) is 10.0. The van der Waals surface area contributed by atoms with Crippen LogP contribution in [-0.4, -0.2) is 9.79 Å². The Bertz CT molecular complexity index is 333. The van der Waals surface area contributed by atoms with Crippen LogP contribution in [0.15, 0.2) is 29.2 Å². The van der Waals surface area contributed by atoms with E-state index in [-0.39, 0.29) is 41.1 Å². The smallest absolute Gasteiger partial charge is 0.316 e. The molecular formula is C6H8Cl2FO3PS. The van der Waals surface area contributed by atoms with Crippen molar-refractivity contribution in [1.82, 2.24) is 0 Å². The van der Waals surface area contributed by atoms with E-state index in [1.807, 2.05) is 0 Å². The highest BCUT2D eigenvalue weighted by molar-refractivity contribution is 8.54. The van der Waals surface area contributed by atoms with Gasteiger partial charge in [-0.15, -0.1) is 24.8 Å². The molecule has 1 aromatic rings. The van der Waals surface area contributed by atoms with Crippen molar-refractivity contribution in [1.29, 1.82) is 0 Å². The van der Waals surface area contributed by atoms with Gasteiger partial charge in [0, 0.05) is 0 Å². The van der Waals surface area contributed by atoms with Gasteiger partial charge in [0.1, 0.15) is 5.82 Å². The molecule has 2 N–H and O–H groups in total. The molecule has 0 aromatic heterocycles. The average molecular weight is 281 g/mol. The van der Waals surface area contributed by atoms with Gasteiger partial charge in [-0.2, -0.15) is 0 Å². The van der Waals surface area contributed by atoms with Crippen molar-refractivity contribution in [3.8, 4) is 0 Å². The van der Waals surface area contributed by atoms with E-state index >= 15 is 0 Å². The first-order valence-corrected chi connectivity index (χ1v) is 6.02. The molecule has 0 spiro atoms. The van der Waals surface area contributed by atoms with Crippen LogP contribution in [0.2, 0.25) is 0 Å². The molecule has 0 aliphatic rings. The maximum atomic E-state index is 12.8. The quantitative estimate of drug-likeness (QED) is 0.818.